The first-order valence-corrected chi connectivity index (χ1v) is 5.79. The molecule has 2 N–H and O–H groups in total. The van der Waals surface area contributed by atoms with Gasteiger partial charge in [0.25, 0.3) is 0 Å². The Balaban J connectivity index is 2.22. The lowest BCUT2D eigenvalue weighted by molar-refractivity contribution is -0.289. The van der Waals surface area contributed by atoms with Gasteiger partial charge >= 0.3 is 12.1 Å². The van der Waals surface area contributed by atoms with Gasteiger partial charge in [-0.3, -0.25) is 0 Å². The summed E-state index contributed by atoms with van der Waals surface area (Å²) in [4.78, 5) is 0. The molecular formula is C14H10F5NO. The average Bonchev–Trinajstić information content (AvgIpc) is 2.41. The van der Waals surface area contributed by atoms with Crippen LogP contribution in [0.25, 0.3) is 0 Å². The predicted molar refractivity (Wildman–Crippen MR) is 67.3 cm³/mol. The van der Waals surface area contributed by atoms with Gasteiger partial charge in [0.2, 0.25) is 0 Å². The lowest BCUT2D eigenvalue weighted by atomic mass is 10.1. The van der Waals surface area contributed by atoms with Gasteiger partial charge in [0.1, 0.15) is 11.5 Å². The van der Waals surface area contributed by atoms with Crippen LogP contribution in [0.1, 0.15) is 5.56 Å². The highest BCUT2D eigenvalue weighted by atomic mass is 19.4. The first-order chi connectivity index (χ1) is 9.72. The SMILES string of the molecule is Nc1ccccc1Oc1ccc(C(F)(F)C(F)(F)F)cc1. The third-order valence-corrected chi connectivity index (χ3v) is 2.72. The van der Waals surface area contributed by atoms with Crippen molar-refractivity contribution in [2.24, 2.45) is 0 Å². The van der Waals surface area contributed by atoms with Crippen molar-refractivity contribution >= 4 is 5.69 Å². The van der Waals surface area contributed by atoms with E-state index in [4.69, 9.17) is 10.5 Å². The number of para-hydroxylation sites is 2. The number of ether oxygens (including phenoxy) is 1. The maximum Gasteiger partial charge on any atom is 0.458 e. The molecule has 2 aromatic rings. The van der Waals surface area contributed by atoms with Crippen molar-refractivity contribution in [3.63, 3.8) is 0 Å². The lowest BCUT2D eigenvalue weighted by Gasteiger charge is -2.20. The highest BCUT2D eigenvalue weighted by Gasteiger charge is 2.58. The number of alkyl halides is 5. The molecule has 2 rings (SSSR count). The Morgan fingerprint density at radius 3 is 1.90 bits per heavy atom. The van der Waals surface area contributed by atoms with Gasteiger partial charge in [-0.25, -0.2) is 0 Å². The van der Waals surface area contributed by atoms with Crippen LogP contribution >= 0.6 is 0 Å². The van der Waals surface area contributed by atoms with Crippen molar-refractivity contribution in [2.75, 3.05) is 5.73 Å². The van der Waals surface area contributed by atoms with Crippen LogP contribution < -0.4 is 10.5 Å². The lowest BCUT2D eigenvalue weighted by Crippen LogP contribution is -2.33. The van der Waals surface area contributed by atoms with Gasteiger partial charge in [-0.15, -0.1) is 0 Å². The molecular weight excluding hydrogens is 293 g/mol. The summed E-state index contributed by atoms with van der Waals surface area (Å²) >= 11 is 0. The highest BCUT2D eigenvalue weighted by Crippen LogP contribution is 2.44. The number of halogens is 5. The predicted octanol–water partition coefficient (Wildman–Crippen LogP) is 4.72. The van der Waals surface area contributed by atoms with Crippen molar-refractivity contribution in [3.8, 4) is 11.5 Å². The molecule has 0 amide bonds. The van der Waals surface area contributed by atoms with Crippen molar-refractivity contribution in [3.05, 3.63) is 54.1 Å². The fraction of sp³-hybridized carbons (Fsp3) is 0.143. The van der Waals surface area contributed by atoms with Gasteiger partial charge in [-0.2, -0.15) is 22.0 Å². The molecule has 0 radical (unpaired) electrons. The smallest absolute Gasteiger partial charge is 0.455 e. The van der Waals surface area contributed by atoms with E-state index < -0.39 is 17.7 Å². The summed E-state index contributed by atoms with van der Waals surface area (Å²) in [5, 5.41) is 0. The minimum absolute atomic E-state index is 0.106. The van der Waals surface area contributed by atoms with Gasteiger partial charge in [0.05, 0.1) is 5.69 Å². The highest BCUT2D eigenvalue weighted by molar-refractivity contribution is 5.53. The van der Waals surface area contributed by atoms with E-state index in [2.05, 4.69) is 0 Å². The molecule has 0 fully saturated rings. The third-order valence-electron chi connectivity index (χ3n) is 2.72. The first kappa shape index (κ1) is 15.1. The standard InChI is InChI=1S/C14H10F5NO/c15-13(16,14(17,18)19)9-5-7-10(8-6-9)21-12-4-2-1-3-11(12)20/h1-8H,20H2. The van der Waals surface area contributed by atoms with Gasteiger partial charge < -0.3 is 10.5 Å². The Kier molecular flexibility index (Phi) is 3.76. The van der Waals surface area contributed by atoms with E-state index in [1.165, 1.54) is 0 Å². The number of nitrogens with two attached hydrogens (primary N) is 1. The Morgan fingerprint density at radius 1 is 0.810 bits per heavy atom. The first-order valence-electron chi connectivity index (χ1n) is 5.79. The zero-order chi connectivity index (χ0) is 15.7. The molecule has 7 heteroatoms. The number of hydrogen-bond acceptors (Lipinski definition) is 2. The number of benzene rings is 2. The van der Waals surface area contributed by atoms with Crippen molar-refractivity contribution in [2.45, 2.75) is 12.1 Å². The Morgan fingerprint density at radius 2 is 1.38 bits per heavy atom. The van der Waals surface area contributed by atoms with Gasteiger partial charge in [0.15, 0.2) is 0 Å². The Labute approximate surface area is 116 Å². The zero-order valence-corrected chi connectivity index (χ0v) is 10.5. The summed E-state index contributed by atoms with van der Waals surface area (Å²) in [7, 11) is 0. The van der Waals surface area contributed by atoms with E-state index in [-0.39, 0.29) is 11.5 Å². The molecule has 0 aromatic heterocycles. The summed E-state index contributed by atoms with van der Waals surface area (Å²) in [5.74, 6) is -4.51. The number of rotatable bonds is 3. The monoisotopic (exact) mass is 303 g/mol. The van der Waals surface area contributed by atoms with Crippen LogP contribution in [0.15, 0.2) is 48.5 Å². The van der Waals surface area contributed by atoms with Crippen molar-refractivity contribution in [1.82, 2.24) is 0 Å². The van der Waals surface area contributed by atoms with E-state index in [1.807, 2.05) is 0 Å². The molecule has 0 aliphatic heterocycles. The second-order valence-corrected chi connectivity index (χ2v) is 4.24. The molecule has 0 spiro atoms. The average molecular weight is 303 g/mol. The summed E-state index contributed by atoms with van der Waals surface area (Å²) < 4.78 is 68.2. The van der Waals surface area contributed by atoms with Crippen LogP contribution in [0.3, 0.4) is 0 Å². The van der Waals surface area contributed by atoms with Crippen molar-refractivity contribution in [1.29, 1.82) is 0 Å². The van der Waals surface area contributed by atoms with Crippen LogP contribution in [0.5, 0.6) is 11.5 Å². The number of anilines is 1. The zero-order valence-electron chi connectivity index (χ0n) is 10.5. The molecule has 0 aliphatic carbocycles. The molecule has 2 aromatic carbocycles. The molecule has 112 valence electrons. The van der Waals surface area contributed by atoms with Gasteiger partial charge in [0, 0.05) is 5.56 Å². The molecule has 0 saturated heterocycles. The third kappa shape index (κ3) is 3.07. The van der Waals surface area contributed by atoms with E-state index in [0.717, 1.165) is 12.1 Å². The van der Waals surface area contributed by atoms with E-state index >= 15 is 0 Å². The van der Waals surface area contributed by atoms with E-state index in [1.54, 1.807) is 24.3 Å². The molecule has 0 aliphatic rings. The maximum atomic E-state index is 13.1. The Hall–Kier alpha value is -2.31. The molecule has 0 heterocycles. The van der Waals surface area contributed by atoms with Crippen LogP contribution in [0, 0.1) is 0 Å². The minimum atomic E-state index is -5.64. The summed E-state index contributed by atoms with van der Waals surface area (Å²) in [6.07, 6.45) is -5.64. The summed E-state index contributed by atoms with van der Waals surface area (Å²) in [5.41, 5.74) is 4.80. The molecule has 0 atom stereocenters. The van der Waals surface area contributed by atoms with E-state index in [0.29, 0.717) is 17.8 Å². The minimum Gasteiger partial charge on any atom is -0.455 e. The fourth-order valence-corrected chi connectivity index (χ4v) is 1.60. The second-order valence-electron chi connectivity index (χ2n) is 4.24. The summed E-state index contributed by atoms with van der Waals surface area (Å²) in [6.45, 7) is 0. The normalized spacial score (nSPS) is 12.2. The van der Waals surface area contributed by atoms with E-state index in [9.17, 15) is 22.0 Å². The molecule has 0 unspecified atom stereocenters. The van der Waals surface area contributed by atoms with Crippen LogP contribution in [0.2, 0.25) is 0 Å². The van der Waals surface area contributed by atoms with Gasteiger partial charge in [-0.05, 0) is 36.4 Å². The molecule has 21 heavy (non-hydrogen) atoms. The fourth-order valence-electron chi connectivity index (χ4n) is 1.60. The van der Waals surface area contributed by atoms with Crippen LogP contribution in [-0.4, -0.2) is 6.18 Å². The molecule has 0 saturated carbocycles. The van der Waals surface area contributed by atoms with Crippen LogP contribution in [-0.2, 0) is 5.92 Å². The largest absolute Gasteiger partial charge is 0.458 e. The summed E-state index contributed by atoms with van der Waals surface area (Å²) in [6, 6.07) is 9.84. The molecule has 0 bridgehead atoms. The topological polar surface area (TPSA) is 35.2 Å². The Bertz CT molecular complexity index is 622. The maximum absolute atomic E-state index is 13.1. The number of nitrogen functional groups attached to an aromatic ring is 1. The van der Waals surface area contributed by atoms with Crippen LogP contribution in [0.4, 0.5) is 27.6 Å². The quantitative estimate of drug-likeness (QED) is 0.658. The number of hydrogen-bond donors (Lipinski definition) is 1. The molecule has 2 nitrogen and oxygen atoms in total. The second kappa shape index (κ2) is 5.23. The van der Waals surface area contributed by atoms with Gasteiger partial charge in [-0.1, -0.05) is 12.1 Å². The van der Waals surface area contributed by atoms with Crippen molar-refractivity contribution < 1.29 is 26.7 Å².